The van der Waals surface area contributed by atoms with Gasteiger partial charge in [0.25, 0.3) is 11.8 Å². The molecule has 0 aliphatic carbocycles. The third-order valence-corrected chi connectivity index (χ3v) is 7.87. The summed E-state index contributed by atoms with van der Waals surface area (Å²) in [7, 11) is 0. The minimum Gasteiger partial charge on any atom is -0.450 e. The van der Waals surface area contributed by atoms with Gasteiger partial charge in [-0.05, 0) is 63.1 Å². The summed E-state index contributed by atoms with van der Waals surface area (Å²) in [5.41, 5.74) is 1.36. The van der Waals surface area contributed by atoms with Crippen molar-refractivity contribution in [2.24, 2.45) is 0 Å². The van der Waals surface area contributed by atoms with Crippen LogP contribution in [0.5, 0.6) is 0 Å². The van der Waals surface area contributed by atoms with Gasteiger partial charge in [0.2, 0.25) is 5.76 Å². The standard InChI is InChI=1S/C32H29ClN2O5/c1-19(2)39-16-6-15-35-30(37)29-27(28(36)23-17-20(3)9-14-26(23)40-29)32(35)24-7-4-5-8-25(24)34(31(32)38)18-21-10-12-22(33)13-11-21/h4-5,7-14,17,19H,6,15-16,18H2,1-3H3. The van der Waals surface area contributed by atoms with E-state index in [2.05, 4.69) is 0 Å². The number of aryl methyl sites for hydroxylation is 1. The van der Waals surface area contributed by atoms with E-state index in [4.69, 9.17) is 20.8 Å². The number of hydrogen-bond acceptors (Lipinski definition) is 5. The van der Waals surface area contributed by atoms with Crippen molar-refractivity contribution in [3.05, 3.63) is 110 Å². The summed E-state index contributed by atoms with van der Waals surface area (Å²) in [6, 6.07) is 19.9. The maximum absolute atomic E-state index is 14.8. The topological polar surface area (TPSA) is 80.1 Å². The molecule has 3 heterocycles. The van der Waals surface area contributed by atoms with Crippen molar-refractivity contribution in [2.45, 2.75) is 45.4 Å². The molecule has 40 heavy (non-hydrogen) atoms. The molecule has 4 aromatic rings. The number of para-hydroxylation sites is 1. The first-order valence-corrected chi connectivity index (χ1v) is 13.8. The third-order valence-electron chi connectivity index (χ3n) is 7.62. The Morgan fingerprint density at radius 3 is 2.50 bits per heavy atom. The van der Waals surface area contributed by atoms with Gasteiger partial charge in [0.1, 0.15) is 5.58 Å². The molecule has 0 N–H and O–H groups in total. The predicted octanol–water partition coefficient (Wildman–Crippen LogP) is 5.82. The van der Waals surface area contributed by atoms with Gasteiger partial charge in [-0.25, -0.2) is 0 Å². The number of rotatable bonds is 7. The van der Waals surface area contributed by atoms with Crippen LogP contribution in [0.2, 0.25) is 5.02 Å². The van der Waals surface area contributed by atoms with Crippen LogP contribution in [0.1, 0.15) is 53.1 Å². The molecule has 2 aliphatic heterocycles. The normalized spacial score (nSPS) is 17.9. The zero-order valence-corrected chi connectivity index (χ0v) is 23.3. The fraction of sp³-hybridized carbons (Fsp3) is 0.281. The van der Waals surface area contributed by atoms with E-state index in [1.165, 1.54) is 4.90 Å². The third kappa shape index (κ3) is 3.95. The number of carbonyl (C=O) groups is 2. The molecule has 1 unspecified atom stereocenters. The SMILES string of the molecule is Cc1ccc2oc3c(c(=O)c2c1)C1(C(=O)N(Cc2ccc(Cl)cc2)c2ccccc21)N(CCCOC(C)C)C3=O. The molecule has 1 aromatic heterocycles. The second-order valence-electron chi connectivity index (χ2n) is 10.6. The maximum atomic E-state index is 14.8. The Morgan fingerprint density at radius 1 is 1.00 bits per heavy atom. The van der Waals surface area contributed by atoms with Gasteiger partial charge in [0.05, 0.1) is 29.3 Å². The second kappa shape index (κ2) is 9.91. The van der Waals surface area contributed by atoms with Crippen molar-refractivity contribution < 1.29 is 18.7 Å². The lowest BCUT2D eigenvalue weighted by atomic mass is 9.84. The number of ether oxygens (including phenoxy) is 1. The van der Waals surface area contributed by atoms with Crippen molar-refractivity contribution in [2.75, 3.05) is 18.1 Å². The highest BCUT2D eigenvalue weighted by Gasteiger charge is 2.64. The van der Waals surface area contributed by atoms with Gasteiger partial charge in [-0.2, -0.15) is 0 Å². The zero-order valence-electron chi connectivity index (χ0n) is 22.6. The molecule has 1 atom stereocenters. The van der Waals surface area contributed by atoms with Gasteiger partial charge in [-0.15, -0.1) is 0 Å². The summed E-state index contributed by atoms with van der Waals surface area (Å²) in [5.74, 6) is -0.918. The van der Waals surface area contributed by atoms with Gasteiger partial charge >= 0.3 is 0 Å². The molecule has 6 rings (SSSR count). The van der Waals surface area contributed by atoms with Crippen LogP contribution in [0.25, 0.3) is 11.0 Å². The molecule has 0 radical (unpaired) electrons. The summed E-state index contributed by atoms with van der Waals surface area (Å²) in [4.78, 5) is 46.3. The summed E-state index contributed by atoms with van der Waals surface area (Å²) < 4.78 is 11.9. The molecule has 1 spiro atoms. The monoisotopic (exact) mass is 556 g/mol. The molecule has 2 amide bonds. The number of nitrogens with zero attached hydrogens (tertiary/aromatic N) is 2. The minimum absolute atomic E-state index is 0.0286. The Balaban J connectivity index is 1.57. The van der Waals surface area contributed by atoms with Crippen LogP contribution < -0.4 is 10.3 Å². The molecular weight excluding hydrogens is 528 g/mol. The molecule has 0 saturated carbocycles. The average Bonchev–Trinajstić information content (AvgIpc) is 3.32. The molecule has 3 aromatic carbocycles. The molecule has 0 fully saturated rings. The Kier molecular flexibility index (Phi) is 6.51. The molecule has 204 valence electrons. The van der Waals surface area contributed by atoms with E-state index in [0.29, 0.717) is 40.3 Å². The summed E-state index contributed by atoms with van der Waals surface area (Å²) in [6.45, 7) is 6.64. The lowest BCUT2D eigenvalue weighted by molar-refractivity contribution is -0.126. The van der Waals surface area contributed by atoms with Gasteiger partial charge in [-0.1, -0.05) is 53.6 Å². The van der Waals surface area contributed by atoms with Crippen LogP contribution >= 0.6 is 11.6 Å². The smallest absolute Gasteiger partial charge is 0.291 e. The lowest BCUT2D eigenvalue weighted by Crippen LogP contribution is -2.53. The largest absolute Gasteiger partial charge is 0.450 e. The molecule has 7 nitrogen and oxygen atoms in total. The average molecular weight is 557 g/mol. The lowest BCUT2D eigenvalue weighted by Gasteiger charge is -2.34. The van der Waals surface area contributed by atoms with Crippen molar-refractivity contribution in [1.82, 2.24) is 4.90 Å². The molecule has 2 aliphatic rings. The fourth-order valence-corrected chi connectivity index (χ4v) is 6.00. The van der Waals surface area contributed by atoms with Gasteiger partial charge < -0.3 is 19.0 Å². The Hall–Kier alpha value is -3.94. The van der Waals surface area contributed by atoms with Crippen LogP contribution in [0.4, 0.5) is 5.69 Å². The van der Waals surface area contributed by atoms with Crippen LogP contribution in [0, 0.1) is 6.92 Å². The van der Waals surface area contributed by atoms with Crippen molar-refractivity contribution in [1.29, 1.82) is 0 Å². The van der Waals surface area contributed by atoms with E-state index >= 15 is 0 Å². The number of hydrogen-bond donors (Lipinski definition) is 0. The number of fused-ring (bicyclic) bond motifs is 5. The number of amides is 2. The molecule has 0 saturated heterocycles. The number of halogens is 1. The van der Waals surface area contributed by atoms with E-state index in [1.807, 2.05) is 63.2 Å². The summed E-state index contributed by atoms with van der Waals surface area (Å²) in [6.07, 6.45) is 0.514. The van der Waals surface area contributed by atoms with Crippen LogP contribution in [0.3, 0.4) is 0 Å². The zero-order chi connectivity index (χ0) is 28.2. The summed E-state index contributed by atoms with van der Waals surface area (Å²) in [5, 5.41) is 0.940. The quantitative estimate of drug-likeness (QED) is 0.268. The second-order valence-corrected chi connectivity index (χ2v) is 11.0. The van der Waals surface area contributed by atoms with Crippen molar-refractivity contribution >= 4 is 40.1 Å². The highest BCUT2D eigenvalue weighted by Crippen LogP contribution is 2.53. The number of carbonyl (C=O) groups excluding carboxylic acids is 2. The fourth-order valence-electron chi connectivity index (χ4n) is 5.88. The Morgan fingerprint density at radius 2 is 1.75 bits per heavy atom. The highest BCUT2D eigenvalue weighted by atomic mass is 35.5. The number of anilines is 1. The Labute approximate surface area is 236 Å². The van der Waals surface area contributed by atoms with E-state index in [-0.39, 0.29) is 41.9 Å². The maximum Gasteiger partial charge on any atom is 0.291 e. The molecule has 8 heteroatoms. The van der Waals surface area contributed by atoms with Gasteiger partial charge in [-0.3, -0.25) is 14.4 Å². The van der Waals surface area contributed by atoms with Crippen molar-refractivity contribution in [3.8, 4) is 0 Å². The first-order valence-electron chi connectivity index (χ1n) is 13.4. The van der Waals surface area contributed by atoms with E-state index in [0.717, 1.165) is 11.1 Å². The van der Waals surface area contributed by atoms with Crippen LogP contribution in [-0.2, 0) is 21.6 Å². The first kappa shape index (κ1) is 26.3. The van der Waals surface area contributed by atoms with Gasteiger partial charge in [0, 0.05) is 23.7 Å². The van der Waals surface area contributed by atoms with Gasteiger partial charge in [0.15, 0.2) is 11.0 Å². The summed E-state index contributed by atoms with van der Waals surface area (Å²) >= 11 is 6.10. The van der Waals surface area contributed by atoms with E-state index < -0.39 is 11.4 Å². The minimum atomic E-state index is -1.65. The Bertz CT molecular complexity index is 1710. The number of benzene rings is 3. The van der Waals surface area contributed by atoms with E-state index in [9.17, 15) is 14.4 Å². The van der Waals surface area contributed by atoms with Crippen LogP contribution in [0.15, 0.2) is 75.9 Å². The molecular formula is C32H29ClN2O5. The van der Waals surface area contributed by atoms with E-state index in [1.54, 1.807) is 29.2 Å². The predicted molar refractivity (Wildman–Crippen MR) is 154 cm³/mol. The van der Waals surface area contributed by atoms with Crippen molar-refractivity contribution in [3.63, 3.8) is 0 Å². The highest BCUT2D eigenvalue weighted by molar-refractivity contribution is 6.30. The first-order chi connectivity index (χ1) is 19.2. The molecule has 0 bridgehead atoms. The van der Waals surface area contributed by atoms with Crippen LogP contribution in [-0.4, -0.2) is 36.0 Å².